The Labute approximate surface area is 122 Å². The van der Waals surface area contributed by atoms with Crippen LogP contribution >= 0.6 is 0 Å². The van der Waals surface area contributed by atoms with E-state index in [0.29, 0.717) is 17.4 Å². The average Bonchev–Trinajstić information content (AvgIpc) is 3.11. The molecule has 3 rings (SSSR count). The third-order valence-electron chi connectivity index (χ3n) is 6.21. The summed E-state index contributed by atoms with van der Waals surface area (Å²) < 4.78 is 11.7. The topological polar surface area (TPSA) is 56.5 Å². The molecule has 3 atom stereocenters. The molecule has 0 amide bonds. The van der Waals surface area contributed by atoms with E-state index in [9.17, 15) is 0 Å². The summed E-state index contributed by atoms with van der Waals surface area (Å²) in [5.74, 6) is 6.64. The number of ether oxygens (including phenoxy) is 2. The number of nitrogens with one attached hydrogen (secondary N) is 1. The van der Waals surface area contributed by atoms with Crippen molar-refractivity contribution in [1.29, 1.82) is 0 Å². The molecule has 3 aliphatic rings. The smallest absolute Gasteiger partial charge is 0.0939 e. The Hall–Kier alpha value is -0.160. The molecular formula is C16H30N2O2. The van der Waals surface area contributed by atoms with E-state index in [1.165, 1.54) is 32.1 Å². The second-order valence-corrected chi connectivity index (χ2v) is 7.15. The standard InChI is InChI=1S/C16H30N2O2/c1-2-15(6-3-4-7-15)14(18-17)13-5-9-20-16(11-13)8-10-19-12-16/h13-14,18H,2-12,17H2,1H3. The molecule has 4 heteroatoms. The lowest BCUT2D eigenvalue weighted by Gasteiger charge is -2.46. The Morgan fingerprint density at radius 2 is 2.05 bits per heavy atom. The van der Waals surface area contributed by atoms with Crippen LogP contribution in [0.1, 0.15) is 58.3 Å². The van der Waals surface area contributed by atoms with Crippen molar-refractivity contribution in [3.8, 4) is 0 Å². The summed E-state index contributed by atoms with van der Waals surface area (Å²) in [6.45, 7) is 4.84. The highest BCUT2D eigenvalue weighted by atomic mass is 16.6. The maximum Gasteiger partial charge on any atom is 0.0939 e. The van der Waals surface area contributed by atoms with Gasteiger partial charge in [-0.15, -0.1) is 0 Å². The maximum atomic E-state index is 6.09. The molecule has 2 heterocycles. The molecule has 1 aliphatic carbocycles. The van der Waals surface area contributed by atoms with Crippen molar-refractivity contribution in [3.63, 3.8) is 0 Å². The minimum absolute atomic E-state index is 0.00838. The number of rotatable bonds is 4. The summed E-state index contributed by atoms with van der Waals surface area (Å²) in [6.07, 6.45) is 9.94. The van der Waals surface area contributed by atoms with Gasteiger partial charge in [0.15, 0.2) is 0 Å². The maximum absolute atomic E-state index is 6.09. The fraction of sp³-hybridized carbons (Fsp3) is 1.00. The van der Waals surface area contributed by atoms with E-state index < -0.39 is 0 Å². The van der Waals surface area contributed by atoms with Crippen LogP contribution in [0.3, 0.4) is 0 Å². The van der Waals surface area contributed by atoms with Gasteiger partial charge in [-0.2, -0.15) is 0 Å². The van der Waals surface area contributed by atoms with E-state index in [-0.39, 0.29) is 5.60 Å². The monoisotopic (exact) mass is 282 g/mol. The summed E-state index contributed by atoms with van der Waals surface area (Å²) in [7, 11) is 0. The largest absolute Gasteiger partial charge is 0.378 e. The molecule has 2 saturated heterocycles. The molecule has 0 aromatic rings. The van der Waals surface area contributed by atoms with Gasteiger partial charge in [-0.3, -0.25) is 11.3 Å². The second-order valence-electron chi connectivity index (χ2n) is 7.15. The van der Waals surface area contributed by atoms with Crippen LogP contribution in [0.5, 0.6) is 0 Å². The predicted octanol–water partition coefficient (Wildman–Crippen LogP) is 2.37. The average molecular weight is 282 g/mol. The molecular weight excluding hydrogens is 252 g/mol. The Kier molecular flexibility index (Phi) is 4.37. The van der Waals surface area contributed by atoms with Crippen LogP contribution in [0.25, 0.3) is 0 Å². The van der Waals surface area contributed by atoms with E-state index >= 15 is 0 Å². The highest BCUT2D eigenvalue weighted by Crippen LogP contribution is 2.49. The van der Waals surface area contributed by atoms with Crippen LogP contribution in [0.2, 0.25) is 0 Å². The molecule has 0 radical (unpaired) electrons. The Balaban J connectivity index is 1.75. The van der Waals surface area contributed by atoms with Crippen LogP contribution in [-0.2, 0) is 9.47 Å². The van der Waals surface area contributed by atoms with Crippen molar-refractivity contribution in [1.82, 2.24) is 5.43 Å². The summed E-state index contributed by atoms with van der Waals surface area (Å²) in [5, 5.41) is 0. The van der Waals surface area contributed by atoms with Crippen LogP contribution in [0.4, 0.5) is 0 Å². The first-order valence-corrected chi connectivity index (χ1v) is 8.41. The number of hydrogen-bond acceptors (Lipinski definition) is 4. The zero-order chi connectivity index (χ0) is 14.1. The van der Waals surface area contributed by atoms with Crippen LogP contribution < -0.4 is 11.3 Å². The molecule has 3 N–H and O–H groups in total. The van der Waals surface area contributed by atoms with Crippen molar-refractivity contribution in [2.24, 2.45) is 17.2 Å². The summed E-state index contributed by atoms with van der Waals surface area (Å²) in [5.41, 5.74) is 3.62. The fourth-order valence-corrected chi connectivity index (χ4v) is 4.99. The van der Waals surface area contributed by atoms with E-state index in [2.05, 4.69) is 12.3 Å². The third kappa shape index (κ3) is 2.52. The SMILES string of the molecule is CCC1(C(NN)C2CCOC3(CCOC3)C2)CCCC1. The van der Waals surface area contributed by atoms with Gasteiger partial charge < -0.3 is 9.47 Å². The lowest BCUT2D eigenvalue weighted by atomic mass is 9.67. The molecule has 4 nitrogen and oxygen atoms in total. The van der Waals surface area contributed by atoms with Gasteiger partial charge in [-0.25, -0.2) is 0 Å². The van der Waals surface area contributed by atoms with Gasteiger partial charge in [0.25, 0.3) is 0 Å². The van der Waals surface area contributed by atoms with Crippen molar-refractivity contribution in [2.75, 3.05) is 19.8 Å². The van der Waals surface area contributed by atoms with E-state index in [0.717, 1.165) is 39.1 Å². The first-order chi connectivity index (χ1) is 9.74. The van der Waals surface area contributed by atoms with Gasteiger partial charge in [-0.1, -0.05) is 19.8 Å². The zero-order valence-corrected chi connectivity index (χ0v) is 12.8. The first-order valence-electron chi connectivity index (χ1n) is 8.41. The van der Waals surface area contributed by atoms with Crippen LogP contribution in [0.15, 0.2) is 0 Å². The summed E-state index contributed by atoms with van der Waals surface area (Å²) in [6, 6.07) is 0.441. The number of nitrogens with two attached hydrogens (primary N) is 1. The lowest BCUT2D eigenvalue weighted by molar-refractivity contribution is -0.110. The van der Waals surface area contributed by atoms with E-state index in [1.807, 2.05) is 0 Å². The van der Waals surface area contributed by atoms with Crippen molar-refractivity contribution in [3.05, 3.63) is 0 Å². The van der Waals surface area contributed by atoms with Gasteiger partial charge in [0.1, 0.15) is 0 Å². The van der Waals surface area contributed by atoms with Crippen LogP contribution in [0, 0.1) is 11.3 Å². The highest BCUT2D eigenvalue weighted by molar-refractivity contribution is 5.01. The van der Waals surface area contributed by atoms with Gasteiger partial charge in [0.05, 0.1) is 12.2 Å². The fourth-order valence-electron chi connectivity index (χ4n) is 4.99. The quantitative estimate of drug-likeness (QED) is 0.614. The zero-order valence-electron chi connectivity index (χ0n) is 12.8. The minimum atomic E-state index is -0.00838. The van der Waals surface area contributed by atoms with Gasteiger partial charge >= 0.3 is 0 Å². The molecule has 0 bridgehead atoms. The van der Waals surface area contributed by atoms with E-state index in [1.54, 1.807) is 0 Å². The first kappa shape index (κ1) is 14.8. The molecule has 1 saturated carbocycles. The Morgan fingerprint density at radius 1 is 1.25 bits per heavy atom. The normalized spacial score (nSPS) is 38.4. The second kappa shape index (κ2) is 5.91. The minimum Gasteiger partial charge on any atom is -0.378 e. The molecule has 2 aliphatic heterocycles. The van der Waals surface area contributed by atoms with Crippen molar-refractivity contribution in [2.45, 2.75) is 69.9 Å². The molecule has 116 valence electrons. The van der Waals surface area contributed by atoms with Gasteiger partial charge in [-0.05, 0) is 43.4 Å². The highest BCUT2D eigenvalue weighted by Gasteiger charge is 2.48. The molecule has 20 heavy (non-hydrogen) atoms. The predicted molar refractivity (Wildman–Crippen MR) is 79.1 cm³/mol. The van der Waals surface area contributed by atoms with E-state index in [4.69, 9.17) is 15.3 Å². The Bertz CT molecular complexity index is 322. The number of hydrazine groups is 1. The summed E-state index contributed by atoms with van der Waals surface area (Å²) >= 11 is 0. The van der Waals surface area contributed by atoms with Gasteiger partial charge in [0, 0.05) is 25.7 Å². The van der Waals surface area contributed by atoms with Crippen LogP contribution in [-0.4, -0.2) is 31.5 Å². The van der Waals surface area contributed by atoms with Crippen molar-refractivity contribution >= 4 is 0 Å². The number of hydrogen-bond donors (Lipinski definition) is 2. The van der Waals surface area contributed by atoms with Crippen molar-refractivity contribution < 1.29 is 9.47 Å². The van der Waals surface area contributed by atoms with Gasteiger partial charge in [0.2, 0.25) is 0 Å². The summed E-state index contributed by atoms with van der Waals surface area (Å²) in [4.78, 5) is 0. The molecule has 0 aromatic heterocycles. The molecule has 1 spiro atoms. The molecule has 0 aromatic carbocycles. The Morgan fingerprint density at radius 3 is 2.65 bits per heavy atom. The lowest BCUT2D eigenvalue weighted by Crippen LogP contribution is -2.55. The third-order valence-corrected chi connectivity index (χ3v) is 6.21. The molecule has 3 unspecified atom stereocenters. The molecule has 3 fully saturated rings.